The average Bonchev–Trinajstić information content (AvgIpc) is 2.69. The Morgan fingerprint density at radius 3 is 2.88 bits per heavy atom. The van der Waals surface area contributed by atoms with Gasteiger partial charge in [0.05, 0.1) is 19.3 Å². The SMILES string of the molecule is COc1cccc(Cc2nc(C)c(CN)o2)c1. The van der Waals surface area contributed by atoms with Gasteiger partial charge in [-0.3, -0.25) is 0 Å². The van der Waals surface area contributed by atoms with E-state index in [2.05, 4.69) is 4.98 Å². The van der Waals surface area contributed by atoms with Crippen LogP contribution in [0.25, 0.3) is 0 Å². The first-order valence-corrected chi connectivity index (χ1v) is 5.51. The molecule has 0 spiro atoms. The number of nitrogens with two attached hydrogens (primary N) is 1. The molecule has 0 amide bonds. The Labute approximate surface area is 100 Å². The Balaban J connectivity index is 2.18. The largest absolute Gasteiger partial charge is 0.497 e. The van der Waals surface area contributed by atoms with E-state index in [1.807, 2.05) is 31.2 Å². The third-order valence-electron chi connectivity index (χ3n) is 2.61. The molecule has 1 aromatic carbocycles. The van der Waals surface area contributed by atoms with Crippen LogP contribution in [0.2, 0.25) is 0 Å². The fraction of sp³-hybridized carbons (Fsp3) is 0.308. The molecule has 0 bridgehead atoms. The zero-order valence-electron chi connectivity index (χ0n) is 10.1. The van der Waals surface area contributed by atoms with Crippen molar-refractivity contribution in [2.75, 3.05) is 7.11 Å². The first kappa shape index (κ1) is 11.7. The van der Waals surface area contributed by atoms with E-state index >= 15 is 0 Å². The maximum absolute atomic E-state index is 5.56. The zero-order chi connectivity index (χ0) is 12.3. The number of hydrogen-bond acceptors (Lipinski definition) is 4. The van der Waals surface area contributed by atoms with Crippen molar-refractivity contribution in [1.82, 2.24) is 4.98 Å². The van der Waals surface area contributed by atoms with E-state index in [1.54, 1.807) is 7.11 Å². The van der Waals surface area contributed by atoms with Crippen LogP contribution in [0.5, 0.6) is 5.75 Å². The second kappa shape index (κ2) is 5.01. The van der Waals surface area contributed by atoms with Crippen LogP contribution in [-0.4, -0.2) is 12.1 Å². The highest BCUT2D eigenvalue weighted by atomic mass is 16.5. The molecule has 90 valence electrons. The van der Waals surface area contributed by atoms with Crippen molar-refractivity contribution in [1.29, 1.82) is 0 Å². The summed E-state index contributed by atoms with van der Waals surface area (Å²) in [7, 11) is 1.65. The highest BCUT2D eigenvalue weighted by Gasteiger charge is 2.08. The van der Waals surface area contributed by atoms with Crippen molar-refractivity contribution in [3.63, 3.8) is 0 Å². The highest BCUT2D eigenvalue weighted by Crippen LogP contribution is 2.17. The molecule has 17 heavy (non-hydrogen) atoms. The molecule has 0 aliphatic heterocycles. The molecular weight excluding hydrogens is 216 g/mol. The van der Waals surface area contributed by atoms with Crippen LogP contribution in [0.4, 0.5) is 0 Å². The number of benzene rings is 1. The topological polar surface area (TPSA) is 61.3 Å². The van der Waals surface area contributed by atoms with Gasteiger partial charge >= 0.3 is 0 Å². The van der Waals surface area contributed by atoms with E-state index in [1.165, 1.54) is 0 Å². The number of hydrogen-bond donors (Lipinski definition) is 1. The summed E-state index contributed by atoms with van der Waals surface area (Å²) in [6.45, 7) is 2.29. The number of aryl methyl sites for hydroxylation is 1. The van der Waals surface area contributed by atoms with Crippen LogP contribution in [0.3, 0.4) is 0 Å². The molecule has 2 N–H and O–H groups in total. The van der Waals surface area contributed by atoms with Gasteiger partial charge in [0.2, 0.25) is 0 Å². The van der Waals surface area contributed by atoms with Gasteiger partial charge in [0.15, 0.2) is 5.89 Å². The van der Waals surface area contributed by atoms with Crippen molar-refractivity contribution in [2.24, 2.45) is 5.73 Å². The summed E-state index contributed by atoms with van der Waals surface area (Å²) in [5.41, 5.74) is 7.52. The van der Waals surface area contributed by atoms with Crippen LogP contribution in [0, 0.1) is 6.92 Å². The molecule has 1 heterocycles. The van der Waals surface area contributed by atoms with Gasteiger partial charge in [-0.25, -0.2) is 4.98 Å². The molecule has 0 aliphatic carbocycles. The third kappa shape index (κ3) is 2.65. The Hall–Kier alpha value is -1.81. The first-order chi connectivity index (χ1) is 8.22. The van der Waals surface area contributed by atoms with Gasteiger partial charge in [-0.1, -0.05) is 12.1 Å². The van der Waals surface area contributed by atoms with Crippen LogP contribution >= 0.6 is 0 Å². The molecule has 2 aromatic rings. The summed E-state index contributed by atoms with van der Waals surface area (Å²) >= 11 is 0. The predicted molar refractivity (Wildman–Crippen MR) is 64.9 cm³/mol. The number of ether oxygens (including phenoxy) is 1. The number of oxazole rings is 1. The molecule has 0 saturated carbocycles. The van der Waals surface area contributed by atoms with Crippen molar-refractivity contribution < 1.29 is 9.15 Å². The number of nitrogens with zero attached hydrogens (tertiary/aromatic N) is 1. The van der Waals surface area contributed by atoms with Gasteiger partial charge in [0.1, 0.15) is 11.5 Å². The van der Waals surface area contributed by atoms with E-state index in [0.717, 1.165) is 22.8 Å². The molecule has 0 aliphatic rings. The minimum atomic E-state index is 0.386. The van der Waals surface area contributed by atoms with E-state index < -0.39 is 0 Å². The smallest absolute Gasteiger partial charge is 0.199 e. The number of aromatic nitrogens is 1. The Morgan fingerprint density at radius 2 is 2.24 bits per heavy atom. The lowest BCUT2D eigenvalue weighted by Gasteiger charge is -2.01. The Bertz CT molecular complexity index is 506. The van der Waals surface area contributed by atoms with Crippen LogP contribution < -0.4 is 10.5 Å². The molecule has 4 heteroatoms. The maximum atomic E-state index is 5.56. The summed E-state index contributed by atoms with van der Waals surface area (Å²) in [6.07, 6.45) is 0.651. The molecule has 2 rings (SSSR count). The summed E-state index contributed by atoms with van der Waals surface area (Å²) in [5, 5.41) is 0. The number of rotatable bonds is 4. The molecule has 0 atom stereocenters. The van der Waals surface area contributed by atoms with Gasteiger partial charge in [-0.2, -0.15) is 0 Å². The van der Waals surface area contributed by atoms with Crippen LogP contribution in [-0.2, 0) is 13.0 Å². The van der Waals surface area contributed by atoms with E-state index in [9.17, 15) is 0 Å². The highest BCUT2D eigenvalue weighted by molar-refractivity contribution is 5.30. The minimum Gasteiger partial charge on any atom is -0.497 e. The van der Waals surface area contributed by atoms with Crippen molar-refractivity contribution in [3.8, 4) is 5.75 Å². The van der Waals surface area contributed by atoms with Gasteiger partial charge < -0.3 is 14.9 Å². The maximum Gasteiger partial charge on any atom is 0.199 e. The summed E-state index contributed by atoms with van der Waals surface area (Å²) in [4.78, 5) is 4.34. The molecule has 0 radical (unpaired) electrons. The Kier molecular flexibility index (Phi) is 3.44. The minimum absolute atomic E-state index is 0.386. The van der Waals surface area contributed by atoms with Gasteiger partial charge in [-0.15, -0.1) is 0 Å². The van der Waals surface area contributed by atoms with Crippen LogP contribution in [0.1, 0.15) is 22.9 Å². The second-order valence-corrected chi connectivity index (χ2v) is 3.85. The number of methoxy groups -OCH3 is 1. The molecule has 0 unspecified atom stereocenters. The predicted octanol–water partition coefficient (Wildman–Crippen LogP) is 2.04. The van der Waals surface area contributed by atoms with Crippen molar-refractivity contribution in [3.05, 3.63) is 47.2 Å². The zero-order valence-corrected chi connectivity index (χ0v) is 10.1. The monoisotopic (exact) mass is 232 g/mol. The Morgan fingerprint density at radius 1 is 1.41 bits per heavy atom. The quantitative estimate of drug-likeness (QED) is 0.876. The summed E-state index contributed by atoms with van der Waals surface area (Å²) < 4.78 is 10.7. The second-order valence-electron chi connectivity index (χ2n) is 3.85. The fourth-order valence-corrected chi connectivity index (χ4v) is 1.71. The normalized spacial score (nSPS) is 10.5. The molecule has 4 nitrogen and oxygen atoms in total. The van der Waals surface area contributed by atoms with Gasteiger partial charge in [0, 0.05) is 6.42 Å². The lowest BCUT2D eigenvalue weighted by atomic mass is 10.1. The molecule has 1 aromatic heterocycles. The lowest BCUT2D eigenvalue weighted by Crippen LogP contribution is -1.95. The fourth-order valence-electron chi connectivity index (χ4n) is 1.71. The van der Waals surface area contributed by atoms with Gasteiger partial charge in [-0.05, 0) is 24.6 Å². The standard InChI is InChI=1S/C13H16N2O2/c1-9-12(8-14)17-13(15-9)7-10-4-3-5-11(6-10)16-2/h3-6H,7-8,14H2,1-2H3. The lowest BCUT2D eigenvalue weighted by molar-refractivity contribution is 0.414. The first-order valence-electron chi connectivity index (χ1n) is 5.51. The van der Waals surface area contributed by atoms with Crippen LogP contribution in [0.15, 0.2) is 28.7 Å². The summed E-state index contributed by atoms with van der Waals surface area (Å²) in [6, 6.07) is 7.86. The van der Waals surface area contributed by atoms with Crippen molar-refractivity contribution in [2.45, 2.75) is 19.9 Å². The molecule has 0 fully saturated rings. The summed E-state index contributed by atoms with van der Waals surface area (Å²) in [5.74, 6) is 2.28. The average molecular weight is 232 g/mol. The van der Waals surface area contributed by atoms with E-state index in [-0.39, 0.29) is 0 Å². The van der Waals surface area contributed by atoms with Crippen molar-refractivity contribution >= 4 is 0 Å². The molecule has 0 saturated heterocycles. The van der Waals surface area contributed by atoms with Gasteiger partial charge in [0.25, 0.3) is 0 Å². The third-order valence-corrected chi connectivity index (χ3v) is 2.61. The van der Waals surface area contributed by atoms with E-state index in [0.29, 0.717) is 18.9 Å². The molecular formula is C13H16N2O2. The van der Waals surface area contributed by atoms with E-state index in [4.69, 9.17) is 14.9 Å².